The second-order valence-corrected chi connectivity index (χ2v) is 12.6. The minimum atomic E-state index is -0.480. The van der Waals surface area contributed by atoms with E-state index in [1.165, 1.54) is 51.0 Å². The van der Waals surface area contributed by atoms with E-state index in [1.807, 2.05) is 0 Å². The fourth-order valence-electron chi connectivity index (χ4n) is 8.13. The van der Waals surface area contributed by atoms with E-state index in [-0.39, 0.29) is 17.9 Å². The molecule has 4 saturated heterocycles. The average molecular weight is 619 g/mol. The number of nitrogens with two attached hydrogens (primary N) is 1. The van der Waals surface area contributed by atoms with Crippen molar-refractivity contribution in [3.63, 3.8) is 0 Å². The molecule has 238 valence electrons. The summed E-state index contributed by atoms with van der Waals surface area (Å²) in [6, 6.07) is -0.307. The second-order valence-electron chi connectivity index (χ2n) is 12.6. The largest absolute Gasteiger partial charge is 0.368 e. The van der Waals surface area contributed by atoms with Crippen LogP contribution in [0.3, 0.4) is 0 Å². The highest BCUT2D eigenvalue weighted by molar-refractivity contribution is 5.87. The van der Waals surface area contributed by atoms with E-state index >= 15 is 0 Å². The van der Waals surface area contributed by atoms with E-state index in [1.54, 1.807) is 24.8 Å². The highest BCUT2D eigenvalue weighted by atomic mass is 16.5. The zero-order valence-electron chi connectivity index (χ0n) is 24.9. The van der Waals surface area contributed by atoms with Gasteiger partial charge in [0.15, 0.2) is 5.72 Å². The first-order chi connectivity index (χ1) is 21.9. The van der Waals surface area contributed by atoms with E-state index in [0.717, 1.165) is 50.4 Å². The number of nitrogen functional groups attached to an aromatic ring is 1. The van der Waals surface area contributed by atoms with E-state index in [4.69, 9.17) is 15.2 Å². The zero-order chi connectivity index (χ0) is 31.1. The van der Waals surface area contributed by atoms with Gasteiger partial charge in [-0.15, -0.1) is 0 Å². The molecule has 3 aromatic heterocycles. The fourth-order valence-corrected chi connectivity index (χ4v) is 8.13. The lowest BCUT2D eigenvalue weighted by Crippen LogP contribution is -2.63. The summed E-state index contributed by atoms with van der Waals surface area (Å²) < 4.78 is 11.9. The lowest BCUT2D eigenvalue weighted by Gasteiger charge is -2.56. The number of H-pyrrole nitrogens is 1. The maximum atomic E-state index is 12.1. The van der Waals surface area contributed by atoms with Crippen LogP contribution in [-0.4, -0.2) is 75.6 Å². The Morgan fingerprint density at radius 1 is 0.844 bits per heavy atom. The second kappa shape index (κ2) is 13.7. The smallest absolute Gasteiger partial charge is 0.323 e. The number of hydrogen-bond acceptors (Lipinski definition) is 13. The number of urea groups is 1. The summed E-state index contributed by atoms with van der Waals surface area (Å²) in [6.07, 6.45) is 23.9. The Balaban J connectivity index is 0.000000121. The molecule has 16 heteroatoms. The van der Waals surface area contributed by atoms with Crippen molar-refractivity contribution in [2.45, 2.75) is 87.9 Å². The monoisotopic (exact) mass is 618 g/mol. The SMILES string of the molecule is Nc1ncncn1.O=C(Nc1ncncn1)NC12CC3CC(CC(C3)O1)C2.O=C=NC12CC3CC(CC(C3)O1)C2.c1c[nH]cn1. The number of carbonyl (C=O) groups excluding carboxylic acids is 2. The Morgan fingerprint density at radius 2 is 1.42 bits per heavy atom. The summed E-state index contributed by atoms with van der Waals surface area (Å²) in [7, 11) is 0. The van der Waals surface area contributed by atoms with Gasteiger partial charge >= 0.3 is 6.03 Å². The third-order valence-electron chi connectivity index (χ3n) is 9.18. The quantitative estimate of drug-likeness (QED) is 0.246. The van der Waals surface area contributed by atoms with Gasteiger partial charge in [0.2, 0.25) is 18.0 Å². The predicted octanol–water partition coefficient (Wildman–Crippen LogP) is 2.79. The predicted molar refractivity (Wildman–Crippen MR) is 158 cm³/mol. The van der Waals surface area contributed by atoms with Gasteiger partial charge in [-0.3, -0.25) is 5.32 Å². The Labute approximate surface area is 259 Å². The molecule has 3 aromatic rings. The van der Waals surface area contributed by atoms with Gasteiger partial charge in [0, 0.05) is 25.2 Å². The summed E-state index contributed by atoms with van der Waals surface area (Å²) in [5, 5.41) is 5.62. The molecule has 8 fully saturated rings. The Kier molecular flexibility index (Phi) is 9.33. The van der Waals surface area contributed by atoms with Crippen molar-refractivity contribution < 1.29 is 19.1 Å². The number of ether oxygens (including phenoxy) is 2. The van der Waals surface area contributed by atoms with Crippen molar-refractivity contribution >= 4 is 24.0 Å². The van der Waals surface area contributed by atoms with E-state index in [2.05, 4.69) is 55.5 Å². The molecule has 4 atom stereocenters. The Hall–Kier alpha value is -4.40. The molecule has 2 amide bonds. The number of amides is 2. The lowest BCUT2D eigenvalue weighted by molar-refractivity contribution is -0.227. The number of aliphatic imine (C=N–C) groups is 1. The molecule has 8 aliphatic rings. The highest BCUT2D eigenvalue weighted by Gasteiger charge is 2.53. The Bertz CT molecular complexity index is 1330. The van der Waals surface area contributed by atoms with Crippen molar-refractivity contribution in [3.8, 4) is 0 Å². The standard InChI is InChI=1S/C13H17N5O2.C10H13NO2.C3H4N4.C3H4N2/c19-12(17-11-15-6-14-7-16-11)18-13-4-8-1-9(5-13)3-10(2-8)20-13;12-6-11-10-4-7-1-8(5-10)3-9(2-7)13-10;4-3-6-1-5-2-7-3;1-2-5-3-4-1/h6-10H,1-5H2,(H2,14,15,16,17,18,19);7-9H,1-5H2;1-2H,(H2,4,5,6,7);1-3H,(H,4,5). The number of imidazole rings is 1. The van der Waals surface area contributed by atoms with Crippen LogP contribution in [0.5, 0.6) is 0 Å². The fraction of sp³-hybridized carbons (Fsp3) is 0.621. The van der Waals surface area contributed by atoms with Crippen LogP contribution in [0.1, 0.15) is 64.2 Å². The number of anilines is 2. The van der Waals surface area contributed by atoms with Crippen LogP contribution in [0.4, 0.5) is 16.7 Å². The summed E-state index contributed by atoms with van der Waals surface area (Å²) in [6.45, 7) is 0. The number of carbonyl (C=O) groups is 1. The highest BCUT2D eigenvalue weighted by Crippen LogP contribution is 2.53. The van der Waals surface area contributed by atoms with Crippen LogP contribution in [0.15, 0.2) is 49.0 Å². The molecular weight excluding hydrogens is 580 g/mol. The minimum Gasteiger partial charge on any atom is -0.368 e. The summed E-state index contributed by atoms with van der Waals surface area (Å²) in [4.78, 5) is 54.8. The maximum Gasteiger partial charge on any atom is 0.323 e. The first-order valence-corrected chi connectivity index (χ1v) is 15.4. The van der Waals surface area contributed by atoms with Gasteiger partial charge in [-0.1, -0.05) is 0 Å². The van der Waals surface area contributed by atoms with Crippen LogP contribution < -0.4 is 16.4 Å². The number of hydrogen-bond donors (Lipinski definition) is 4. The molecule has 11 rings (SSSR count). The van der Waals surface area contributed by atoms with Gasteiger partial charge in [-0.05, 0) is 75.0 Å². The molecule has 4 saturated carbocycles. The molecule has 7 heterocycles. The van der Waals surface area contributed by atoms with Gasteiger partial charge in [-0.2, -0.15) is 4.99 Å². The third-order valence-corrected chi connectivity index (χ3v) is 9.18. The molecule has 4 unspecified atom stereocenters. The topological polar surface area (TPSA) is 221 Å². The van der Waals surface area contributed by atoms with E-state index < -0.39 is 11.4 Å². The van der Waals surface area contributed by atoms with Gasteiger partial charge in [0.05, 0.1) is 18.5 Å². The molecular formula is C29H38N12O4. The molecule has 16 nitrogen and oxygen atoms in total. The van der Waals surface area contributed by atoms with Gasteiger partial charge in [0.25, 0.3) is 0 Å². The van der Waals surface area contributed by atoms with Crippen molar-refractivity contribution in [3.05, 3.63) is 44.0 Å². The zero-order valence-corrected chi connectivity index (χ0v) is 24.9. The summed E-state index contributed by atoms with van der Waals surface area (Å²) in [5.74, 6) is 3.40. The lowest BCUT2D eigenvalue weighted by atomic mass is 9.65. The molecule has 8 bridgehead atoms. The van der Waals surface area contributed by atoms with E-state index in [0.29, 0.717) is 24.0 Å². The average Bonchev–Trinajstić information content (AvgIpc) is 3.58. The number of nitrogens with one attached hydrogen (secondary N) is 3. The van der Waals surface area contributed by atoms with Gasteiger partial charge < -0.3 is 25.5 Å². The molecule has 0 spiro atoms. The van der Waals surface area contributed by atoms with Crippen LogP contribution in [0, 0.1) is 23.7 Å². The maximum absolute atomic E-state index is 12.1. The third kappa shape index (κ3) is 8.01. The number of isocyanates is 1. The molecule has 45 heavy (non-hydrogen) atoms. The molecule has 0 radical (unpaired) electrons. The molecule has 4 aliphatic heterocycles. The molecule has 0 aromatic carbocycles. The van der Waals surface area contributed by atoms with Gasteiger partial charge in [-0.25, -0.2) is 44.5 Å². The first-order valence-electron chi connectivity index (χ1n) is 15.4. The van der Waals surface area contributed by atoms with Crippen LogP contribution >= 0.6 is 0 Å². The van der Waals surface area contributed by atoms with Crippen molar-refractivity contribution in [2.24, 2.45) is 28.7 Å². The summed E-state index contributed by atoms with van der Waals surface area (Å²) >= 11 is 0. The number of nitrogens with zero attached hydrogens (tertiary/aromatic N) is 8. The summed E-state index contributed by atoms with van der Waals surface area (Å²) in [5.41, 5.74) is 4.17. The minimum absolute atomic E-state index is 0.252. The van der Waals surface area contributed by atoms with Crippen molar-refractivity contribution in [2.75, 3.05) is 11.1 Å². The van der Waals surface area contributed by atoms with Crippen molar-refractivity contribution in [1.29, 1.82) is 0 Å². The van der Waals surface area contributed by atoms with Crippen LogP contribution in [-0.2, 0) is 14.3 Å². The molecule has 5 N–H and O–H groups in total. The normalized spacial score (nSPS) is 34.0. The molecule has 4 aliphatic carbocycles. The van der Waals surface area contributed by atoms with E-state index in [9.17, 15) is 9.59 Å². The van der Waals surface area contributed by atoms with Crippen molar-refractivity contribution in [1.82, 2.24) is 45.2 Å². The van der Waals surface area contributed by atoms with Crippen LogP contribution in [0.2, 0.25) is 0 Å². The first kappa shape index (κ1) is 30.6. The Morgan fingerprint density at radius 3 is 1.87 bits per heavy atom. The van der Waals surface area contributed by atoms with Gasteiger partial charge in [0.1, 0.15) is 31.0 Å². The van der Waals surface area contributed by atoms with Crippen LogP contribution in [0.25, 0.3) is 0 Å². The number of aromatic nitrogens is 8. The number of aromatic amines is 1. The number of rotatable bonds is 3.